The minimum absolute atomic E-state index is 0.166. The van der Waals surface area contributed by atoms with Gasteiger partial charge in [0, 0.05) is 59.2 Å². The summed E-state index contributed by atoms with van der Waals surface area (Å²) in [7, 11) is 0. The lowest BCUT2D eigenvalue weighted by atomic mass is 8.87. The van der Waals surface area contributed by atoms with Gasteiger partial charge in [-0.1, -0.05) is 109 Å². The number of carbonyl (C=O) groups is 4. The van der Waals surface area contributed by atoms with Crippen LogP contribution in [-0.4, -0.2) is 91.6 Å². The van der Waals surface area contributed by atoms with Gasteiger partial charge in [-0.15, -0.1) is 0 Å². The smallest absolute Gasteiger partial charge is 0.230 e. The third kappa shape index (κ3) is 4.79. The largest absolute Gasteiger partial charge is 0.337 e. The molecule has 12 fully saturated rings. The summed E-state index contributed by atoms with van der Waals surface area (Å²) in [4.78, 5) is 66.2. The Kier molecular flexibility index (Phi) is 10.4. The summed E-state index contributed by atoms with van der Waals surface area (Å²) in [6, 6.07) is 40.5. The monoisotopic (exact) mass is 1020 g/mol. The molecule has 0 spiro atoms. The summed E-state index contributed by atoms with van der Waals surface area (Å²) in [5.74, 6) is 5.07. The average molecular weight is 1020 g/mol. The standard InChI is InChI=1S/2C34H42N2O2/c2*1-18(2)35(19(3)4)30(37)32-25-26-28(32)33(24-16-14-23(15-17-24)22-12-10-9-11-13-22)29(32)27(25)34(26,33)31(38)36(20(5)6)21(7)8/h2*9-21,25-29H,1-8H3/t2*25?,26-,27+,28-,29+,32?,33?,34?. The van der Waals surface area contributed by atoms with Crippen LogP contribution in [0.5, 0.6) is 0 Å². The Balaban J connectivity index is 0.000000146. The number of rotatable bonds is 16. The highest BCUT2D eigenvalue weighted by Crippen LogP contribution is 3.15. The zero-order valence-electron chi connectivity index (χ0n) is 48.2. The van der Waals surface area contributed by atoms with Gasteiger partial charge in [-0.25, -0.2) is 0 Å². The van der Waals surface area contributed by atoms with Crippen molar-refractivity contribution in [2.45, 2.75) is 170 Å². The van der Waals surface area contributed by atoms with Crippen LogP contribution in [0.4, 0.5) is 0 Å². The van der Waals surface area contributed by atoms with Crippen molar-refractivity contribution in [2.24, 2.45) is 80.8 Å². The molecule has 0 radical (unpaired) electrons. The molecule has 400 valence electrons. The van der Waals surface area contributed by atoms with Crippen molar-refractivity contribution in [3.63, 3.8) is 0 Å². The lowest BCUT2D eigenvalue weighted by Gasteiger charge is -3.14. The van der Waals surface area contributed by atoms with Gasteiger partial charge in [0.1, 0.15) is 0 Å². The predicted octanol–water partition coefficient (Wildman–Crippen LogP) is 12.0. The molecule has 0 saturated heterocycles. The van der Waals surface area contributed by atoms with E-state index >= 15 is 0 Å². The van der Waals surface area contributed by atoms with E-state index in [0.29, 0.717) is 82.8 Å². The van der Waals surface area contributed by atoms with E-state index in [9.17, 15) is 19.2 Å². The molecule has 0 aliphatic heterocycles. The Bertz CT molecular complexity index is 2780. The molecule has 0 aromatic heterocycles. The van der Waals surface area contributed by atoms with E-state index in [1.807, 2.05) is 12.1 Å². The molecule has 4 aromatic carbocycles. The molecule has 4 amide bonds. The number of amides is 4. The van der Waals surface area contributed by atoms with Crippen LogP contribution in [0.15, 0.2) is 109 Å². The van der Waals surface area contributed by atoms with Crippen molar-refractivity contribution >= 4 is 23.6 Å². The lowest BCUT2D eigenvalue weighted by Crippen LogP contribution is -3.18. The molecule has 8 nitrogen and oxygen atoms in total. The van der Waals surface area contributed by atoms with E-state index in [-0.39, 0.29) is 80.8 Å². The Morgan fingerprint density at radius 2 is 0.526 bits per heavy atom. The van der Waals surface area contributed by atoms with Gasteiger partial charge in [0.15, 0.2) is 0 Å². The average Bonchev–Trinajstić information content (AvgIpc) is 1.11. The quantitative estimate of drug-likeness (QED) is 0.112. The summed E-state index contributed by atoms with van der Waals surface area (Å²) in [6.45, 7) is 34.3. The van der Waals surface area contributed by atoms with Gasteiger partial charge in [0.05, 0.1) is 21.7 Å². The second-order valence-corrected chi connectivity index (χ2v) is 27.9. The van der Waals surface area contributed by atoms with Crippen LogP contribution in [0, 0.1) is 80.8 Å². The SMILES string of the molecule is CC(C)N(C(=O)C12C3[C@@H]4[C@H]1C1(c5ccc(-c6ccccc6)cc5)[C@H]2[C@H]3C41C(=O)N(C(C)C)C(C)C)C(C)C.CC(C)N(C(=O)C12C3[C@@H]4[C@H]1C1(c5ccc(-c6ccccc6)cc5)[C@H]2[C@H]3C41C(=O)N(C(C)C)C(C)C)C(C)C. The fourth-order valence-corrected chi connectivity index (χ4v) is 22.6. The normalized spacial score (nSPS) is 38.2. The summed E-state index contributed by atoms with van der Waals surface area (Å²) in [5, 5.41) is 0. The van der Waals surface area contributed by atoms with Crippen LogP contribution in [0.2, 0.25) is 0 Å². The summed E-state index contributed by atoms with van der Waals surface area (Å²) in [6.07, 6.45) is 0. The second kappa shape index (κ2) is 15.7. The van der Waals surface area contributed by atoms with Crippen LogP contribution >= 0.6 is 0 Å². The molecule has 12 aliphatic carbocycles. The fourth-order valence-electron chi connectivity index (χ4n) is 22.6. The second-order valence-electron chi connectivity index (χ2n) is 27.9. The summed E-state index contributed by atoms with van der Waals surface area (Å²) >= 11 is 0. The third-order valence-electron chi connectivity index (χ3n) is 23.4. The zero-order valence-corrected chi connectivity index (χ0v) is 48.2. The van der Waals surface area contributed by atoms with Gasteiger partial charge >= 0.3 is 0 Å². The molecular weight excluding hydrogens is 937 g/mol. The molecular formula is C68H84N4O4. The van der Waals surface area contributed by atoms with Crippen molar-refractivity contribution in [3.05, 3.63) is 120 Å². The van der Waals surface area contributed by atoms with Crippen LogP contribution in [0.3, 0.4) is 0 Å². The van der Waals surface area contributed by atoms with Gasteiger partial charge < -0.3 is 19.6 Å². The molecule has 0 bridgehead atoms. The maximum atomic E-state index is 14.5. The first-order chi connectivity index (χ1) is 36.1. The zero-order chi connectivity index (χ0) is 54.2. The number of nitrogens with zero attached hydrogens (tertiary/aromatic N) is 4. The molecule has 0 N–H and O–H groups in total. The molecule has 12 aliphatic rings. The first-order valence-corrected chi connectivity index (χ1v) is 29.7. The minimum Gasteiger partial charge on any atom is -0.337 e. The Hall–Kier alpha value is -5.24. The molecule has 4 aromatic rings. The maximum Gasteiger partial charge on any atom is 0.230 e. The van der Waals surface area contributed by atoms with Crippen molar-refractivity contribution in [1.82, 2.24) is 19.6 Å². The fraction of sp³-hybridized carbons (Fsp3) is 0.588. The molecule has 12 saturated carbocycles. The Morgan fingerprint density at radius 1 is 0.303 bits per heavy atom. The van der Waals surface area contributed by atoms with Gasteiger partial charge in [-0.05, 0) is 203 Å². The van der Waals surface area contributed by atoms with E-state index in [1.54, 1.807) is 0 Å². The number of hydrogen-bond donors (Lipinski definition) is 0. The highest BCUT2D eigenvalue weighted by molar-refractivity contribution is 6.06. The molecule has 8 heteroatoms. The van der Waals surface area contributed by atoms with E-state index < -0.39 is 0 Å². The molecule has 16 rings (SSSR count). The van der Waals surface area contributed by atoms with E-state index in [1.165, 1.54) is 33.4 Å². The highest BCUT2D eigenvalue weighted by atomic mass is 16.2. The number of hydrogen-bond acceptors (Lipinski definition) is 4. The topological polar surface area (TPSA) is 81.2 Å². The van der Waals surface area contributed by atoms with E-state index in [2.05, 4.69) is 227 Å². The summed E-state index contributed by atoms with van der Waals surface area (Å²) in [5.41, 5.74) is 6.06. The van der Waals surface area contributed by atoms with Crippen LogP contribution in [0.25, 0.3) is 22.3 Å². The van der Waals surface area contributed by atoms with Crippen LogP contribution in [-0.2, 0) is 30.0 Å². The third-order valence-corrected chi connectivity index (χ3v) is 23.4. The van der Waals surface area contributed by atoms with Crippen molar-refractivity contribution in [2.75, 3.05) is 0 Å². The summed E-state index contributed by atoms with van der Waals surface area (Å²) < 4.78 is 0. The van der Waals surface area contributed by atoms with Crippen LogP contribution < -0.4 is 0 Å². The van der Waals surface area contributed by atoms with Crippen molar-refractivity contribution < 1.29 is 19.2 Å². The van der Waals surface area contributed by atoms with E-state index in [0.717, 1.165) is 0 Å². The lowest BCUT2D eigenvalue weighted by molar-refractivity contribution is -0.641. The van der Waals surface area contributed by atoms with Crippen LogP contribution in [0.1, 0.15) is 122 Å². The molecule has 8 unspecified atom stereocenters. The molecule has 76 heavy (non-hydrogen) atoms. The first-order valence-electron chi connectivity index (χ1n) is 29.7. The highest BCUT2D eigenvalue weighted by Gasteiger charge is 3.19. The molecule has 0 heterocycles. The van der Waals surface area contributed by atoms with Crippen molar-refractivity contribution in [1.29, 1.82) is 0 Å². The first kappa shape index (κ1) is 50.3. The maximum absolute atomic E-state index is 14.5. The van der Waals surface area contributed by atoms with Gasteiger partial charge in [0.25, 0.3) is 0 Å². The molecule has 16 atom stereocenters. The van der Waals surface area contributed by atoms with Gasteiger partial charge in [-0.2, -0.15) is 0 Å². The van der Waals surface area contributed by atoms with Gasteiger partial charge in [-0.3, -0.25) is 19.2 Å². The predicted molar refractivity (Wildman–Crippen MR) is 300 cm³/mol. The Labute approximate surface area is 453 Å². The van der Waals surface area contributed by atoms with E-state index in [4.69, 9.17) is 0 Å². The minimum atomic E-state index is -0.293. The number of benzene rings is 4. The van der Waals surface area contributed by atoms with Gasteiger partial charge in [0.2, 0.25) is 23.6 Å². The Morgan fingerprint density at radius 3 is 0.763 bits per heavy atom. The number of carbonyl (C=O) groups excluding carboxylic acids is 4. The van der Waals surface area contributed by atoms with Crippen molar-refractivity contribution in [3.8, 4) is 22.3 Å².